The molecule has 0 saturated heterocycles. The molecule has 0 aliphatic rings. The highest BCUT2D eigenvalue weighted by Gasteiger charge is 2.18. The van der Waals surface area contributed by atoms with Crippen LogP contribution in [0.15, 0.2) is 68.4 Å². The number of furan rings is 1. The van der Waals surface area contributed by atoms with Crippen LogP contribution in [0.2, 0.25) is 0 Å². The van der Waals surface area contributed by atoms with Crippen LogP contribution in [0.5, 0.6) is 0 Å². The minimum Gasteiger partial charge on any atom is -0.464 e. The van der Waals surface area contributed by atoms with Gasteiger partial charge in [-0.3, -0.25) is 0 Å². The summed E-state index contributed by atoms with van der Waals surface area (Å²) in [5.41, 5.74) is 2.28. The van der Waals surface area contributed by atoms with Gasteiger partial charge in [0.05, 0.1) is 23.0 Å². The average molecular weight is 292 g/mol. The smallest absolute Gasteiger partial charge is 0.338 e. The lowest BCUT2D eigenvalue weighted by Gasteiger charge is -2.02. The summed E-state index contributed by atoms with van der Waals surface area (Å²) in [6.45, 7) is 1.88. The van der Waals surface area contributed by atoms with E-state index in [9.17, 15) is 4.79 Å². The Kier molecular flexibility index (Phi) is 2.72. The summed E-state index contributed by atoms with van der Waals surface area (Å²) in [6, 6.07) is 14.6. The molecule has 0 unspecified atom stereocenters. The number of hydrogen-bond acceptors (Lipinski definition) is 4. The fraction of sp³-hybridized carbons (Fsp3) is 0.0588. The maximum absolute atomic E-state index is 11.9. The molecule has 3 aromatic heterocycles. The van der Waals surface area contributed by atoms with E-state index in [2.05, 4.69) is 5.10 Å². The zero-order valence-corrected chi connectivity index (χ0v) is 11.8. The number of aryl methyl sites for hydroxylation is 1. The summed E-state index contributed by atoms with van der Waals surface area (Å²) in [4.78, 5) is 11.9. The highest BCUT2D eigenvalue weighted by molar-refractivity contribution is 5.92. The lowest BCUT2D eigenvalue weighted by Crippen LogP contribution is -2.01. The van der Waals surface area contributed by atoms with Crippen LogP contribution in [0.3, 0.4) is 0 Å². The zero-order valence-electron chi connectivity index (χ0n) is 11.8. The van der Waals surface area contributed by atoms with Gasteiger partial charge < -0.3 is 8.83 Å². The molecule has 0 aliphatic heterocycles. The molecule has 5 heteroatoms. The summed E-state index contributed by atoms with van der Waals surface area (Å²) in [5.74, 6) is 0.619. The van der Waals surface area contributed by atoms with Gasteiger partial charge in [-0.2, -0.15) is 9.78 Å². The summed E-state index contributed by atoms with van der Waals surface area (Å²) in [5, 5.41) is 5.29. The Labute approximate surface area is 125 Å². The van der Waals surface area contributed by atoms with Crippen molar-refractivity contribution in [3.63, 3.8) is 0 Å². The van der Waals surface area contributed by atoms with Gasteiger partial charge in [-0.15, -0.1) is 0 Å². The summed E-state index contributed by atoms with van der Waals surface area (Å²) in [7, 11) is 0. The highest BCUT2D eigenvalue weighted by Crippen LogP contribution is 2.31. The van der Waals surface area contributed by atoms with Crippen LogP contribution in [0.1, 0.15) is 5.69 Å². The van der Waals surface area contributed by atoms with Gasteiger partial charge in [-0.25, -0.2) is 4.79 Å². The second kappa shape index (κ2) is 4.73. The predicted molar refractivity (Wildman–Crippen MR) is 82.0 cm³/mol. The Balaban J connectivity index is 2.10. The van der Waals surface area contributed by atoms with E-state index in [0.717, 1.165) is 16.8 Å². The second-order valence-corrected chi connectivity index (χ2v) is 4.97. The maximum atomic E-state index is 11.9. The van der Waals surface area contributed by atoms with Gasteiger partial charge >= 0.3 is 5.63 Å². The van der Waals surface area contributed by atoms with Crippen molar-refractivity contribution in [1.29, 1.82) is 0 Å². The number of rotatable bonds is 2. The van der Waals surface area contributed by atoms with Gasteiger partial charge in [0.2, 0.25) is 5.71 Å². The van der Waals surface area contributed by atoms with Crippen molar-refractivity contribution in [2.45, 2.75) is 6.92 Å². The molecule has 0 amide bonds. The number of benzene rings is 1. The molecular weight excluding hydrogens is 280 g/mol. The highest BCUT2D eigenvalue weighted by atomic mass is 16.4. The first kappa shape index (κ1) is 12.6. The van der Waals surface area contributed by atoms with Crippen molar-refractivity contribution >= 4 is 11.1 Å². The number of aromatic nitrogens is 2. The first-order valence-corrected chi connectivity index (χ1v) is 6.87. The molecule has 5 nitrogen and oxygen atoms in total. The van der Waals surface area contributed by atoms with Crippen molar-refractivity contribution in [3.05, 3.63) is 70.9 Å². The van der Waals surface area contributed by atoms with E-state index in [4.69, 9.17) is 8.83 Å². The van der Waals surface area contributed by atoms with E-state index in [1.54, 1.807) is 17.0 Å². The second-order valence-electron chi connectivity index (χ2n) is 4.97. The van der Waals surface area contributed by atoms with Gasteiger partial charge in [0, 0.05) is 11.6 Å². The van der Waals surface area contributed by atoms with Crippen LogP contribution in [-0.4, -0.2) is 9.78 Å². The number of fused-ring (bicyclic) bond motifs is 1. The van der Waals surface area contributed by atoms with E-state index < -0.39 is 5.63 Å². The minimum atomic E-state index is -0.434. The van der Waals surface area contributed by atoms with Gasteiger partial charge in [-0.05, 0) is 31.2 Å². The van der Waals surface area contributed by atoms with Crippen LogP contribution in [0.25, 0.3) is 28.1 Å². The van der Waals surface area contributed by atoms with Crippen LogP contribution in [-0.2, 0) is 0 Å². The molecule has 0 spiro atoms. The van der Waals surface area contributed by atoms with Gasteiger partial charge in [0.1, 0.15) is 5.76 Å². The molecule has 0 fully saturated rings. The summed E-state index contributed by atoms with van der Waals surface area (Å²) < 4.78 is 12.5. The van der Waals surface area contributed by atoms with E-state index in [-0.39, 0.29) is 0 Å². The molecule has 4 aromatic rings. The minimum absolute atomic E-state index is 0.419. The maximum Gasteiger partial charge on any atom is 0.338 e. The van der Waals surface area contributed by atoms with Crippen molar-refractivity contribution in [2.24, 2.45) is 0 Å². The van der Waals surface area contributed by atoms with Crippen LogP contribution in [0.4, 0.5) is 0 Å². The lowest BCUT2D eigenvalue weighted by molar-refractivity contribution is 0.534. The predicted octanol–water partition coefficient (Wildman–Crippen LogP) is 3.55. The Morgan fingerprint density at radius 3 is 2.64 bits per heavy atom. The first-order valence-electron chi connectivity index (χ1n) is 6.87. The molecular formula is C17H12N2O3. The van der Waals surface area contributed by atoms with E-state index in [0.29, 0.717) is 17.0 Å². The van der Waals surface area contributed by atoms with Gasteiger partial charge in [0.15, 0.2) is 0 Å². The monoisotopic (exact) mass is 292 g/mol. The Hall–Kier alpha value is -3.08. The molecule has 22 heavy (non-hydrogen) atoms. The molecule has 0 saturated carbocycles. The summed E-state index contributed by atoms with van der Waals surface area (Å²) in [6.07, 6.45) is 1.58. The molecule has 4 rings (SSSR count). The molecule has 0 aliphatic carbocycles. The quantitative estimate of drug-likeness (QED) is 0.567. The standard InChI is InChI=1S/C17H12N2O3/c1-11-16-13(14-8-5-9-21-14)10-15(20)22-17(16)19(18-11)12-6-3-2-4-7-12/h2-10H,1H3. The normalized spacial score (nSPS) is 11.1. The zero-order chi connectivity index (χ0) is 15.1. The molecule has 0 radical (unpaired) electrons. The average Bonchev–Trinajstić information content (AvgIpc) is 3.16. The lowest BCUT2D eigenvalue weighted by atomic mass is 10.1. The van der Waals surface area contributed by atoms with Crippen molar-refractivity contribution in [3.8, 4) is 17.0 Å². The van der Waals surface area contributed by atoms with E-state index in [1.165, 1.54) is 6.07 Å². The van der Waals surface area contributed by atoms with E-state index in [1.807, 2.05) is 43.3 Å². The molecule has 0 atom stereocenters. The molecule has 108 valence electrons. The van der Waals surface area contributed by atoms with Crippen LogP contribution >= 0.6 is 0 Å². The summed E-state index contributed by atoms with van der Waals surface area (Å²) >= 11 is 0. The van der Waals surface area contributed by atoms with Crippen molar-refractivity contribution in [1.82, 2.24) is 9.78 Å². The number of para-hydroxylation sites is 1. The molecule has 3 heterocycles. The van der Waals surface area contributed by atoms with Crippen LogP contribution in [0, 0.1) is 6.92 Å². The third-order valence-electron chi connectivity index (χ3n) is 3.53. The third kappa shape index (κ3) is 1.87. The van der Waals surface area contributed by atoms with Gasteiger partial charge in [0.25, 0.3) is 0 Å². The SMILES string of the molecule is Cc1nn(-c2ccccc2)c2oc(=O)cc(-c3ccco3)c12. The van der Waals surface area contributed by atoms with Crippen molar-refractivity contribution in [2.75, 3.05) is 0 Å². The number of hydrogen-bond donors (Lipinski definition) is 0. The molecule has 0 bridgehead atoms. The Bertz CT molecular complexity index is 996. The fourth-order valence-electron chi connectivity index (χ4n) is 2.60. The number of nitrogens with zero attached hydrogens (tertiary/aromatic N) is 2. The Morgan fingerprint density at radius 1 is 1.09 bits per heavy atom. The largest absolute Gasteiger partial charge is 0.464 e. The molecule has 1 aromatic carbocycles. The Morgan fingerprint density at radius 2 is 1.91 bits per heavy atom. The molecule has 0 N–H and O–H groups in total. The topological polar surface area (TPSA) is 61.2 Å². The fourth-order valence-corrected chi connectivity index (χ4v) is 2.60. The van der Waals surface area contributed by atoms with Crippen LogP contribution < -0.4 is 5.63 Å². The third-order valence-corrected chi connectivity index (χ3v) is 3.53. The van der Waals surface area contributed by atoms with Crippen molar-refractivity contribution < 1.29 is 8.83 Å². The van der Waals surface area contributed by atoms with Gasteiger partial charge in [-0.1, -0.05) is 18.2 Å². The van der Waals surface area contributed by atoms with E-state index >= 15 is 0 Å². The first-order chi connectivity index (χ1) is 10.7.